The first-order valence-electron chi connectivity index (χ1n) is 15.0. The smallest absolute Gasteiger partial charge is 0.128 e. The molecule has 0 saturated heterocycles. The first-order valence-corrected chi connectivity index (χ1v) is 15.0. The Morgan fingerprint density at radius 3 is 1.15 bits per heavy atom. The van der Waals surface area contributed by atoms with E-state index in [-0.39, 0.29) is 53.2 Å². The molecule has 2 aromatic carbocycles. The molecule has 0 radical (unpaired) electrons. The fraction of sp³-hybridized carbons (Fsp3) is 0.611. The van der Waals surface area contributed by atoms with Gasteiger partial charge in [0.25, 0.3) is 0 Å². The van der Waals surface area contributed by atoms with Gasteiger partial charge in [-0.25, -0.2) is 0 Å². The zero-order valence-electron chi connectivity index (χ0n) is 27.9. The van der Waals surface area contributed by atoms with Gasteiger partial charge >= 0.3 is 0 Å². The molecule has 0 aromatic heterocycles. The molecule has 1 aliphatic carbocycles. The van der Waals surface area contributed by atoms with Crippen molar-refractivity contribution in [3.05, 3.63) is 57.6 Å². The van der Waals surface area contributed by atoms with Crippen molar-refractivity contribution in [2.24, 2.45) is 9.98 Å². The molecule has 222 valence electrons. The van der Waals surface area contributed by atoms with Crippen LogP contribution in [0.25, 0.3) is 0 Å². The van der Waals surface area contributed by atoms with E-state index < -0.39 is 0 Å². The van der Waals surface area contributed by atoms with E-state index in [1.54, 1.807) is 0 Å². The number of aliphatic imine (C=N–C) groups is 2. The summed E-state index contributed by atoms with van der Waals surface area (Å²) in [7, 11) is 0. The number of aromatic hydroxyl groups is 2. The first kappa shape index (κ1) is 35.2. The number of hydrogen-bond acceptors (Lipinski definition) is 4. The Morgan fingerprint density at radius 2 is 0.878 bits per heavy atom. The second kappa shape index (κ2) is 12.7. The van der Waals surface area contributed by atoms with Gasteiger partial charge in [0.15, 0.2) is 0 Å². The molecule has 0 amide bonds. The molecule has 1 fully saturated rings. The Morgan fingerprint density at radius 1 is 0.561 bits per heavy atom. The molecule has 0 unspecified atom stereocenters. The van der Waals surface area contributed by atoms with Gasteiger partial charge in [0.05, 0.1) is 12.1 Å². The monoisotopic (exact) mass is 610 g/mol. The van der Waals surface area contributed by atoms with Crippen molar-refractivity contribution >= 4 is 12.4 Å². The number of phenols is 2. The molecule has 4 nitrogen and oxygen atoms in total. The van der Waals surface area contributed by atoms with Gasteiger partial charge in [0.1, 0.15) is 11.5 Å². The number of hydrogen-bond donors (Lipinski definition) is 2. The molecule has 5 heteroatoms. The Bertz CT molecular complexity index is 1170. The third-order valence-electron chi connectivity index (χ3n) is 8.13. The molecule has 0 heterocycles. The molecule has 0 bridgehead atoms. The second-order valence-corrected chi connectivity index (χ2v) is 15.9. The van der Waals surface area contributed by atoms with Crippen LogP contribution in [0.1, 0.15) is 142 Å². The third kappa shape index (κ3) is 8.76. The van der Waals surface area contributed by atoms with Crippen LogP contribution >= 0.6 is 0 Å². The second-order valence-electron chi connectivity index (χ2n) is 15.9. The van der Waals surface area contributed by atoms with E-state index in [1.165, 1.54) is 11.1 Å². The number of phenolic OH excluding ortho intramolecular Hbond substituents is 2. The molecule has 2 atom stereocenters. The maximum absolute atomic E-state index is 11.2. The molecule has 3 rings (SSSR count). The van der Waals surface area contributed by atoms with Crippen molar-refractivity contribution in [2.75, 3.05) is 0 Å². The zero-order chi connectivity index (χ0) is 30.3. The van der Waals surface area contributed by atoms with Gasteiger partial charge in [-0.2, -0.15) is 0 Å². The summed E-state index contributed by atoms with van der Waals surface area (Å²) in [5.41, 5.74) is 5.39. The van der Waals surface area contributed by atoms with Crippen LogP contribution in [-0.2, 0) is 41.1 Å². The summed E-state index contributed by atoms with van der Waals surface area (Å²) in [6.45, 7) is 26.0. The molecule has 2 aromatic rings. The summed E-state index contributed by atoms with van der Waals surface area (Å²) in [4.78, 5) is 10.1. The Labute approximate surface area is 263 Å². The zero-order valence-corrected chi connectivity index (χ0v) is 30.9. The van der Waals surface area contributed by atoms with E-state index in [9.17, 15) is 10.2 Å². The van der Waals surface area contributed by atoms with E-state index in [0.29, 0.717) is 11.5 Å². The van der Waals surface area contributed by atoms with Gasteiger partial charge in [-0.1, -0.05) is 108 Å². The largest absolute Gasteiger partial charge is 0.507 e. The van der Waals surface area contributed by atoms with Gasteiger partial charge in [-0.3, -0.25) is 9.98 Å². The summed E-state index contributed by atoms with van der Waals surface area (Å²) in [5, 5.41) is 22.5. The molecule has 1 aliphatic rings. The average molecular weight is 612 g/mol. The molecular formula is C36H54N2O2Zn. The molecule has 1 saturated carbocycles. The van der Waals surface area contributed by atoms with Crippen LogP contribution in [0.3, 0.4) is 0 Å². The van der Waals surface area contributed by atoms with Crippen molar-refractivity contribution in [3.63, 3.8) is 0 Å². The number of nitrogens with zero attached hydrogens (tertiary/aromatic N) is 2. The van der Waals surface area contributed by atoms with Crippen molar-refractivity contribution in [2.45, 2.75) is 143 Å². The van der Waals surface area contributed by atoms with Crippen LogP contribution in [0.2, 0.25) is 0 Å². The van der Waals surface area contributed by atoms with E-state index in [1.807, 2.05) is 12.4 Å². The van der Waals surface area contributed by atoms with Crippen molar-refractivity contribution < 1.29 is 29.7 Å². The molecule has 2 N–H and O–H groups in total. The summed E-state index contributed by atoms with van der Waals surface area (Å²) < 4.78 is 0. The van der Waals surface area contributed by atoms with Gasteiger partial charge in [0.2, 0.25) is 0 Å². The van der Waals surface area contributed by atoms with E-state index in [4.69, 9.17) is 9.98 Å². The summed E-state index contributed by atoms with van der Waals surface area (Å²) in [5.74, 6) is 0.637. The van der Waals surface area contributed by atoms with Gasteiger partial charge < -0.3 is 10.2 Å². The first-order chi connectivity index (χ1) is 18.2. The fourth-order valence-electron chi connectivity index (χ4n) is 5.31. The van der Waals surface area contributed by atoms with Crippen molar-refractivity contribution in [1.29, 1.82) is 0 Å². The molecular weight excluding hydrogens is 558 g/mol. The van der Waals surface area contributed by atoms with Crippen molar-refractivity contribution in [3.8, 4) is 11.5 Å². The average Bonchev–Trinajstić information content (AvgIpc) is 2.80. The van der Waals surface area contributed by atoms with Gasteiger partial charge in [-0.05, 0) is 57.8 Å². The Kier molecular flexibility index (Phi) is 10.9. The predicted molar refractivity (Wildman–Crippen MR) is 172 cm³/mol. The minimum Gasteiger partial charge on any atom is -0.507 e. The van der Waals surface area contributed by atoms with Crippen LogP contribution in [0.4, 0.5) is 0 Å². The normalized spacial score (nSPS) is 19.1. The van der Waals surface area contributed by atoms with E-state index in [0.717, 1.165) is 47.9 Å². The van der Waals surface area contributed by atoms with Crippen LogP contribution in [0, 0.1) is 0 Å². The van der Waals surface area contributed by atoms with E-state index >= 15 is 0 Å². The standard InChI is InChI=1S/C36H54N2O2.Zn/c1-33(2,3)25-17-23(31(39)27(19-25)35(7,8)9)21-37-29-15-13-14-16-30(29)38-22-24-18-26(34(4,5)6)20-28(32(24)40)36(10,11)12;/h17-22,29-30,39-40H,13-16H2,1-12H3;/t29-,30-;/m1./s1. The van der Waals surface area contributed by atoms with Crippen molar-refractivity contribution in [1.82, 2.24) is 0 Å². The SMILES string of the molecule is CC(C)(C)c1cc(C=N[C@@H]2CCCC[C@H]2N=Cc2cc(C(C)(C)C)cc(C(C)(C)C)c2O)c(O)c(C(C)(C)C)c1.[Zn]. The topological polar surface area (TPSA) is 65.2 Å². The molecule has 0 aliphatic heterocycles. The van der Waals surface area contributed by atoms with Gasteiger partial charge in [-0.15, -0.1) is 0 Å². The van der Waals surface area contributed by atoms with Gasteiger partial charge in [0, 0.05) is 54.2 Å². The summed E-state index contributed by atoms with van der Waals surface area (Å²) in [6.07, 6.45) is 7.90. The van der Waals surface area contributed by atoms with Crippen LogP contribution in [-0.4, -0.2) is 34.7 Å². The quantitative estimate of drug-likeness (QED) is 0.267. The van der Waals surface area contributed by atoms with E-state index in [2.05, 4.69) is 107 Å². The number of benzene rings is 2. The fourth-order valence-corrected chi connectivity index (χ4v) is 5.31. The maximum Gasteiger partial charge on any atom is 0.128 e. The summed E-state index contributed by atoms with van der Waals surface area (Å²) >= 11 is 0. The minimum atomic E-state index is -0.179. The minimum absolute atomic E-state index is 0. The summed E-state index contributed by atoms with van der Waals surface area (Å²) in [6, 6.07) is 8.53. The predicted octanol–water partition coefficient (Wildman–Crippen LogP) is 9.13. The van der Waals surface area contributed by atoms with Crippen LogP contribution in [0.15, 0.2) is 34.3 Å². The van der Waals surface area contributed by atoms with Crippen LogP contribution in [0.5, 0.6) is 11.5 Å². The maximum atomic E-state index is 11.2. The Hall–Kier alpha value is -2.00. The Balaban J connectivity index is 0.00000588. The number of rotatable bonds is 4. The van der Waals surface area contributed by atoms with Crippen LogP contribution < -0.4 is 0 Å². The molecule has 0 spiro atoms. The third-order valence-corrected chi connectivity index (χ3v) is 8.13. The molecule has 41 heavy (non-hydrogen) atoms.